The van der Waals surface area contributed by atoms with Crippen LogP contribution in [0.2, 0.25) is 0 Å². The minimum atomic E-state index is -0.205. The van der Waals surface area contributed by atoms with E-state index in [2.05, 4.69) is 15.5 Å². The molecule has 0 aliphatic carbocycles. The number of hydrogen-bond acceptors (Lipinski definition) is 3. The molecule has 1 unspecified atom stereocenters. The van der Waals surface area contributed by atoms with Crippen molar-refractivity contribution in [1.82, 2.24) is 20.4 Å². The lowest BCUT2D eigenvalue weighted by atomic mass is 9.95. The lowest BCUT2D eigenvalue weighted by molar-refractivity contribution is -0.131. The number of amides is 2. The number of nitrogens with one attached hydrogen (secondary N) is 2. The van der Waals surface area contributed by atoms with Crippen LogP contribution in [-0.4, -0.2) is 46.5 Å². The lowest BCUT2D eigenvalue weighted by Crippen LogP contribution is -2.44. The highest BCUT2D eigenvalue weighted by molar-refractivity contribution is 5.97. The Kier molecular flexibility index (Phi) is 4.93. The van der Waals surface area contributed by atoms with Gasteiger partial charge in [-0.2, -0.15) is 5.10 Å². The van der Waals surface area contributed by atoms with Gasteiger partial charge < -0.3 is 10.2 Å². The van der Waals surface area contributed by atoms with Crippen LogP contribution < -0.4 is 5.32 Å². The number of H-pyrrole nitrogens is 1. The molecular weight excluding hydrogens is 304 g/mol. The molecule has 0 radical (unpaired) electrons. The van der Waals surface area contributed by atoms with Crippen molar-refractivity contribution in [2.75, 3.05) is 19.6 Å². The van der Waals surface area contributed by atoms with Crippen molar-refractivity contribution in [3.63, 3.8) is 0 Å². The number of rotatable bonds is 4. The molecular formula is C18H22N4O2. The maximum Gasteiger partial charge on any atom is 0.251 e. The van der Waals surface area contributed by atoms with Crippen LogP contribution in [0, 0.1) is 6.92 Å². The van der Waals surface area contributed by atoms with Crippen LogP contribution in [0.1, 0.15) is 40.4 Å². The molecule has 24 heavy (non-hydrogen) atoms. The molecule has 2 amide bonds. The smallest absolute Gasteiger partial charge is 0.251 e. The van der Waals surface area contributed by atoms with E-state index in [4.69, 9.17) is 0 Å². The summed E-state index contributed by atoms with van der Waals surface area (Å²) in [6, 6.07) is 9.32. The first-order chi connectivity index (χ1) is 11.6. The van der Waals surface area contributed by atoms with E-state index in [1.54, 1.807) is 12.3 Å². The number of carbonyl (C=O) groups excluding carboxylic acids is 2. The van der Waals surface area contributed by atoms with Gasteiger partial charge in [-0.15, -0.1) is 0 Å². The maximum absolute atomic E-state index is 12.4. The average molecular weight is 326 g/mol. The van der Waals surface area contributed by atoms with Gasteiger partial charge in [-0.1, -0.05) is 18.2 Å². The number of aryl methyl sites for hydroxylation is 1. The first kappa shape index (κ1) is 16.2. The minimum absolute atomic E-state index is 0.0306. The molecule has 0 bridgehead atoms. The fraction of sp³-hybridized carbons (Fsp3) is 0.389. The normalized spacial score (nSPS) is 17.5. The van der Waals surface area contributed by atoms with E-state index < -0.39 is 0 Å². The Morgan fingerprint density at radius 2 is 2.17 bits per heavy atom. The average Bonchev–Trinajstić information content (AvgIpc) is 3.14. The summed E-state index contributed by atoms with van der Waals surface area (Å²) in [5.41, 5.74) is 2.58. The van der Waals surface area contributed by atoms with Gasteiger partial charge in [-0.05, 0) is 37.5 Å². The molecule has 1 aliphatic rings. The molecule has 0 saturated carbocycles. The SMILES string of the molecule is Cc1ccccc1C(=O)NCC(=O)N1CCCC(c2ccn[nH]2)C1. The molecule has 1 saturated heterocycles. The summed E-state index contributed by atoms with van der Waals surface area (Å²) < 4.78 is 0. The Hall–Kier alpha value is -2.63. The molecule has 2 aromatic rings. The number of likely N-dealkylation sites (tertiary alicyclic amines) is 1. The number of piperidine rings is 1. The van der Waals surface area contributed by atoms with Crippen molar-refractivity contribution < 1.29 is 9.59 Å². The Bertz CT molecular complexity index is 712. The molecule has 6 heteroatoms. The third-order valence-electron chi connectivity index (χ3n) is 4.53. The highest BCUT2D eigenvalue weighted by Gasteiger charge is 2.25. The fourth-order valence-corrected chi connectivity index (χ4v) is 3.14. The molecule has 1 atom stereocenters. The highest BCUT2D eigenvalue weighted by atomic mass is 16.2. The summed E-state index contributed by atoms with van der Waals surface area (Å²) in [6.45, 7) is 3.32. The largest absolute Gasteiger partial charge is 0.343 e. The van der Waals surface area contributed by atoms with E-state index in [-0.39, 0.29) is 24.3 Å². The van der Waals surface area contributed by atoms with Gasteiger partial charge in [0, 0.05) is 36.5 Å². The standard InChI is InChI=1S/C18H22N4O2/c1-13-5-2-3-7-15(13)18(24)19-11-17(23)22-10-4-6-14(12-22)16-8-9-20-21-16/h2-3,5,7-9,14H,4,6,10-12H2,1H3,(H,19,24)(H,20,21). The van der Waals surface area contributed by atoms with E-state index in [0.29, 0.717) is 12.1 Å². The molecule has 2 N–H and O–H groups in total. The predicted molar refractivity (Wildman–Crippen MR) is 90.7 cm³/mol. The molecule has 1 aliphatic heterocycles. The van der Waals surface area contributed by atoms with E-state index in [9.17, 15) is 9.59 Å². The van der Waals surface area contributed by atoms with Gasteiger partial charge in [-0.3, -0.25) is 14.7 Å². The van der Waals surface area contributed by atoms with E-state index >= 15 is 0 Å². The zero-order chi connectivity index (χ0) is 16.9. The molecule has 3 rings (SSSR count). The Morgan fingerprint density at radius 3 is 2.92 bits per heavy atom. The minimum Gasteiger partial charge on any atom is -0.343 e. The van der Waals surface area contributed by atoms with Crippen molar-refractivity contribution in [2.24, 2.45) is 0 Å². The van der Waals surface area contributed by atoms with E-state index in [1.807, 2.05) is 36.1 Å². The molecule has 6 nitrogen and oxygen atoms in total. The van der Waals surface area contributed by atoms with Crippen LogP contribution in [0.4, 0.5) is 0 Å². The summed E-state index contributed by atoms with van der Waals surface area (Å²) >= 11 is 0. The summed E-state index contributed by atoms with van der Waals surface area (Å²) in [6.07, 6.45) is 3.74. The van der Waals surface area contributed by atoms with Gasteiger partial charge in [0.1, 0.15) is 0 Å². The van der Waals surface area contributed by atoms with Gasteiger partial charge in [0.15, 0.2) is 0 Å². The molecule has 1 aromatic heterocycles. The zero-order valence-electron chi connectivity index (χ0n) is 13.8. The predicted octanol–water partition coefficient (Wildman–Crippen LogP) is 1.85. The number of nitrogens with zero attached hydrogens (tertiary/aromatic N) is 2. The number of benzene rings is 1. The third kappa shape index (κ3) is 3.64. The monoisotopic (exact) mass is 326 g/mol. The van der Waals surface area contributed by atoms with Crippen molar-refractivity contribution in [2.45, 2.75) is 25.7 Å². The van der Waals surface area contributed by atoms with Crippen molar-refractivity contribution in [1.29, 1.82) is 0 Å². The summed E-state index contributed by atoms with van der Waals surface area (Å²) in [5.74, 6) is 0.0435. The molecule has 1 aromatic carbocycles. The number of aromatic amines is 1. The van der Waals surface area contributed by atoms with E-state index in [0.717, 1.165) is 30.6 Å². The Morgan fingerprint density at radius 1 is 1.33 bits per heavy atom. The van der Waals surface area contributed by atoms with Gasteiger partial charge in [0.05, 0.1) is 6.54 Å². The fourth-order valence-electron chi connectivity index (χ4n) is 3.14. The van der Waals surface area contributed by atoms with Crippen molar-refractivity contribution in [3.8, 4) is 0 Å². The van der Waals surface area contributed by atoms with Gasteiger partial charge in [0.25, 0.3) is 5.91 Å². The second-order valence-electron chi connectivity index (χ2n) is 6.19. The topological polar surface area (TPSA) is 78.1 Å². The number of aromatic nitrogens is 2. The lowest BCUT2D eigenvalue weighted by Gasteiger charge is -2.32. The van der Waals surface area contributed by atoms with Crippen LogP contribution >= 0.6 is 0 Å². The van der Waals surface area contributed by atoms with Crippen molar-refractivity contribution in [3.05, 3.63) is 53.3 Å². The molecule has 126 valence electrons. The van der Waals surface area contributed by atoms with Gasteiger partial charge >= 0.3 is 0 Å². The van der Waals surface area contributed by atoms with Gasteiger partial charge in [0.2, 0.25) is 5.91 Å². The second-order valence-corrected chi connectivity index (χ2v) is 6.19. The van der Waals surface area contributed by atoms with Crippen LogP contribution in [-0.2, 0) is 4.79 Å². The molecule has 2 heterocycles. The van der Waals surface area contributed by atoms with Crippen LogP contribution in [0.5, 0.6) is 0 Å². The molecule has 0 spiro atoms. The van der Waals surface area contributed by atoms with Gasteiger partial charge in [-0.25, -0.2) is 0 Å². The van der Waals surface area contributed by atoms with E-state index in [1.165, 1.54) is 0 Å². The van der Waals surface area contributed by atoms with Crippen LogP contribution in [0.25, 0.3) is 0 Å². The maximum atomic E-state index is 12.4. The summed E-state index contributed by atoms with van der Waals surface area (Å²) in [5, 5.41) is 9.71. The molecule has 1 fully saturated rings. The van der Waals surface area contributed by atoms with Crippen LogP contribution in [0.3, 0.4) is 0 Å². The Labute approximate surface area is 141 Å². The highest BCUT2D eigenvalue weighted by Crippen LogP contribution is 2.25. The Balaban J connectivity index is 1.55. The second kappa shape index (κ2) is 7.29. The third-order valence-corrected chi connectivity index (χ3v) is 4.53. The first-order valence-electron chi connectivity index (χ1n) is 8.26. The van der Waals surface area contributed by atoms with Crippen LogP contribution in [0.15, 0.2) is 36.5 Å². The summed E-state index contributed by atoms with van der Waals surface area (Å²) in [4.78, 5) is 26.5. The number of hydrogen-bond donors (Lipinski definition) is 2. The quantitative estimate of drug-likeness (QED) is 0.900. The van der Waals surface area contributed by atoms with Crippen molar-refractivity contribution >= 4 is 11.8 Å². The summed E-state index contributed by atoms with van der Waals surface area (Å²) in [7, 11) is 0. The first-order valence-corrected chi connectivity index (χ1v) is 8.26. The zero-order valence-corrected chi connectivity index (χ0v) is 13.8. The number of carbonyl (C=O) groups is 2.